The first kappa shape index (κ1) is 24.4. The highest BCUT2D eigenvalue weighted by molar-refractivity contribution is 7.99. The van der Waals surface area contributed by atoms with Gasteiger partial charge in [0.25, 0.3) is 0 Å². The van der Waals surface area contributed by atoms with Crippen LogP contribution in [0, 0.1) is 6.92 Å². The molecule has 1 N–H and O–H groups in total. The molecule has 1 aliphatic rings. The van der Waals surface area contributed by atoms with Crippen LogP contribution in [0.5, 0.6) is 0 Å². The van der Waals surface area contributed by atoms with E-state index in [4.69, 9.17) is 0 Å². The van der Waals surface area contributed by atoms with Crippen LogP contribution in [0.15, 0.2) is 54.6 Å². The van der Waals surface area contributed by atoms with Gasteiger partial charge in [0.05, 0.1) is 5.75 Å². The van der Waals surface area contributed by atoms with E-state index in [1.165, 1.54) is 36.0 Å². The van der Waals surface area contributed by atoms with Crippen molar-refractivity contribution < 1.29 is 9.59 Å². The van der Waals surface area contributed by atoms with E-state index in [9.17, 15) is 9.59 Å². The van der Waals surface area contributed by atoms with Crippen LogP contribution in [-0.4, -0.2) is 41.1 Å². The van der Waals surface area contributed by atoms with Crippen LogP contribution in [0.4, 0.5) is 0 Å². The summed E-state index contributed by atoms with van der Waals surface area (Å²) in [5, 5.41) is 3.20. The second kappa shape index (κ2) is 12.7. The quantitative estimate of drug-likeness (QED) is 0.543. The largest absolute Gasteiger partial charge is 0.352 e. The third kappa shape index (κ3) is 7.40. The predicted molar refractivity (Wildman–Crippen MR) is 134 cm³/mol. The number of amides is 2. The monoisotopic (exact) mass is 452 g/mol. The van der Waals surface area contributed by atoms with E-state index in [2.05, 4.69) is 36.5 Å². The molecular formula is C27H36N2O2S. The fourth-order valence-corrected chi connectivity index (χ4v) is 5.23. The molecule has 0 aliphatic heterocycles. The highest BCUT2D eigenvalue weighted by atomic mass is 32.2. The van der Waals surface area contributed by atoms with Crippen LogP contribution in [0.3, 0.4) is 0 Å². The molecule has 2 amide bonds. The van der Waals surface area contributed by atoms with Crippen molar-refractivity contribution in [2.75, 3.05) is 12.3 Å². The molecule has 1 fully saturated rings. The van der Waals surface area contributed by atoms with E-state index in [-0.39, 0.29) is 17.9 Å². The zero-order chi connectivity index (χ0) is 22.8. The van der Waals surface area contributed by atoms with Gasteiger partial charge >= 0.3 is 0 Å². The Morgan fingerprint density at radius 2 is 1.72 bits per heavy atom. The van der Waals surface area contributed by atoms with Crippen molar-refractivity contribution in [3.05, 3.63) is 71.3 Å². The summed E-state index contributed by atoms with van der Waals surface area (Å²) < 4.78 is 0. The lowest BCUT2D eigenvalue weighted by Crippen LogP contribution is -2.51. The fourth-order valence-electron chi connectivity index (χ4n) is 4.24. The normalized spacial score (nSPS) is 15.2. The number of hydrogen-bond donors (Lipinski definition) is 1. The highest BCUT2D eigenvalue weighted by Crippen LogP contribution is 2.19. The highest BCUT2D eigenvalue weighted by Gasteiger charge is 2.27. The lowest BCUT2D eigenvalue weighted by atomic mass is 9.95. The van der Waals surface area contributed by atoms with Crippen molar-refractivity contribution >= 4 is 23.6 Å². The molecule has 4 nitrogen and oxygen atoms in total. The summed E-state index contributed by atoms with van der Waals surface area (Å²) in [6.45, 7) is 4.52. The third-order valence-corrected chi connectivity index (χ3v) is 7.31. The molecule has 2 aromatic rings. The first-order valence-corrected chi connectivity index (χ1v) is 13.0. The van der Waals surface area contributed by atoms with Crippen molar-refractivity contribution in [3.8, 4) is 0 Å². The molecule has 1 unspecified atom stereocenters. The van der Waals surface area contributed by atoms with Gasteiger partial charge in [-0.05, 0) is 49.8 Å². The molecule has 0 radical (unpaired) electrons. The Hall–Kier alpha value is -2.27. The molecular weight excluding hydrogens is 416 g/mol. The number of benzene rings is 2. The van der Waals surface area contributed by atoms with E-state index < -0.39 is 6.04 Å². The molecule has 5 heteroatoms. The minimum Gasteiger partial charge on any atom is -0.352 e. The van der Waals surface area contributed by atoms with Crippen molar-refractivity contribution in [3.63, 3.8) is 0 Å². The SMILES string of the molecule is Cc1ccccc1CSCC(=O)N(CCc1ccccc1)C(C)C(=O)NC1CCCCC1. The second-order valence-corrected chi connectivity index (χ2v) is 9.75. The van der Waals surface area contributed by atoms with Gasteiger partial charge in [-0.1, -0.05) is 73.9 Å². The number of carbonyl (C=O) groups excluding carboxylic acids is 2. The predicted octanol–water partition coefficient (Wildman–Crippen LogP) is 5.14. The first-order valence-electron chi connectivity index (χ1n) is 11.8. The Labute approximate surface area is 197 Å². The second-order valence-electron chi connectivity index (χ2n) is 8.76. The number of nitrogens with one attached hydrogen (secondary N) is 1. The van der Waals surface area contributed by atoms with E-state index in [0.29, 0.717) is 12.3 Å². The van der Waals surface area contributed by atoms with Gasteiger partial charge in [-0.15, -0.1) is 11.8 Å². The third-order valence-electron chi connectivity index (χ3n) is 6.35. The molecule has 0 saturated heterocycles. The molecule has 0 heterocycles. The van der Waals surface area contributed by atoms with Crippen molar-refractivity contribution in [2.24, 2.45) is 0 Å². The van der Waals surface area contributed by atoms with Crippen molar-refractivity contribution in [2.45, 2.75) is 70.2 Å². The average molecular weight is 453 g/mol. The summed E-state index contributed by atoms with van der Waals surface area (Å²) in [6.07, 6.45) is 6.43. The van der Waals surface area contributed by atoms with Crippen LogP contribution in [0.1, 0.15) is 55.7 Å². The molecule has 32 heavy (non-hydrogen) atoms. The molecule has 1 saturated carbocycles. The lowest BCUT2D eigenvalue weighted by molar-refractivity contribution is -0.138. The zero-order valence-corrected chi connectivity index (χ0v) is 20.2. The van der Waals surface area contributed by atoms with Crippen LogP contribution in [0.2, 0.25) is 0 Å². The summed E-state index contributed by atoms with van der Waals surface area (Å²) >= 11 is 1.62. The standard InChI is InChI=1S/C27H36N2O2S/c1-21-11-9-10-14-24(21)19-32-20-26(30)29(18-17-23-12-5-3-6-13-23)22(2)27(31)28-25-15-7-4-8-16-25/h3,5-6,9-14,22,25H,4,7-8,15-20H2,1-2H3,(H,28,31). The van der Waals surface area contributed by atoms with Gasteiger partial charge < -0.3 is 10.2 Å². The molecule has 1 atom stereocenters. The van der Waals surface area contributed by atoms with Gasteiger partial charge in [0.1, 0.15) is 6.04 Å². The Balaban J connectivity index is 1.60. The van der Waals surface area contributed by atoms with Gasteiger partial charge in [0.15, 0.2) is 0 Å². The van der Waals surface area contributed by atoms with Gasteiger partial charge in [-0.3, -0.25) is 9.59 Å². The zero-order valence-electron chi connectivity index (χ0n) is 19.4. The van der Waals surface area contributed by atoms with Gasteiger partial charge in [0.2, 0.25) is 11.8 Å². The number of nitrogens with zero attached hydrogens (tertiary/aromatic N) is 1. The number of rotatable bonds is 10. The Kier molecular flexibility index (Phi) is 9.66. The van der Waals surface area contributed by atoms with E-state index in [0.717, 1.165) is 25.0 Å². The topological polar surface area (TPSA) is 49.4 Å². The lowest BCUT2D eigenvalue weighted by Gasteiger charge is -2.31. The van der Waals surface area contributed by atoms with Gasteiger partial charge in [0, 0.05) is 18.3 Å². The summed E-state index contributed by atoms with van der Waals surface area (Å²) in [5.74, 6) is 1.19. The Bertz CT molecular complexity index is 865. The van der Waals surface area contributed by atoms with Crippen LogP contribution < -0.4 is 5.32 Å². The molecule has 0 bridgehead atoms. The van der Waals surface area contributed by atoms with Crippen molar-refractivity contribution in [1.29, 1.82) is 0 Å². The van der Waals surface area contributed by atoms with Crippen LogP contribution in [0.25, 0.3) is 0 Å². The van der Waals surface area contributed by atoms with Gasteiger partial charge in [-0.2, -0.15) is 0 Å². The number of carbonyl (C=O) groups is 2. The van der Waals surface area contributed by atoms with E-state index in [1.54, 1.807) is 16.7 Å². The molecule has 172 valence electrons. The van der Waals surface area contributed by atoms with Crippen LogP contribution >= 0.6 is 11.8 Å². The fraction of sp³-hybridized carbons (Fsp3) is 0.481. The number of thioether (sulfide) groups is 1. The maximum atomic E-state index is 13.2. The van der Waals surface area contributed by atoms with Gasteiger partial charge in [-0.25, -0.2) is 0 Å². The first-order chi connectivity index (χ1) is 15.5. The minimum absolute atomic E-state index is 0.0257. The number of hydrogen-bond acceptors (Lipinski definition) is 3. The summed E-state index contributed by atoms with van der Waals surface area (Å²) in [6, 6.07) is 18.2. The summed E-state index contributed by atoms with van der Waals surface area (Å²) in [5.41, 5.74) is 3.68. The number of aryl methyl sites for hydroxylation is 1. The summed E-state index contributed by atoms with van der Waals surface area (Å²) in [7, 11) is 0. The van der Waals surface area contributed by atoms with Crippen molar-refractivity contribution in [1.82, 2.24) is 10.2 Å². The smallest absolute Gasteiger partial charge is 0.242 e. The van der Waals surface area contributed by atoms with E-state index >= 15 is 0 Å². The molecule has 1 aliphatic carbocycles. The van der Waals surface area contributed by atoms with Crippen LogP contribution in [-0.2, 0) is 21.8 Å². The molecule has 2 aromatic carbocycles. The molecule has 0 spiro atoms. The maximum absolute atomic E-state index is 13.2. The minimum atomic E-state index is -0.466. The molecule has 0 aromatic heterocycles. The Morgan fingerprint density at radius 3 is 2.44 bits per heavy atom. The average Bonchev–Trinajstić information content (AvgIpc) is 2.81. The van der Waals surface area contributed by atoms with E-state index in [1.807, 2.05) is 37.3 Å². The maximum Gasteiger partial charge on any atom is 0.242 e. The molecule has 3 rings (SSSR count). The summed E-state index contributed by atoms with van der Waals surface area (Å²) in [4.78, 5) is 28.0. The Morgan fingerprint density at radius 1 is 1.03 bits per heavy atom.